The third kappa shape index (κ3) is 4.63. The van der Waals surface area contributed by atoms with Crippen LogP contribution < -0.4 is 10.1 Å². The maximum atomic E-state index is 11.9. The van der Waals surface area contributed by atoms with Crippen molar-refractivity contribution in [2.75, 3.05) is 18.4 Å². The predicted molar refractivity (Wildman–Crippen MR) is 144 cm³/mol. The highest BCUT2D eigenvalue weighted by Crippen LogP contribution is 2.32. The number of hydrogen-bond acceptors (Lipinski definition) is 8. The Kier molecular flexibility index (Phi) is 6.12. The number of benzene rings is 1. The SMILES string of the molecule is C=CC(=O)N1CCC(c2ccc3ncnc(Nc4ccc(Oc5ccn6ncnc6c5)c(C)c4)c3n2)CC1. The standard InChI is InChI=1S/C28H26N8O2/c1-3-26(37)35-11-8-19(9-12-35)22-5-6-23-27(34-22)28(31-16-29-23)33-20-4-7-24(18(2)14-20)38-21-10-13-36-25(15-21)30-17-32-36/h3-7,10,13-17,19H,1,8-9,11-12H2,2H3,(H,29,31,33). The van der Waals surface area contributed by atoms with E-state index in [1.165, 1.54) is 18.7 Å². The molecule has 1 N–H and O–H groups in total. The van der Waals surface area contributed by atoms with E-state index in [9.17, 15) is 4.79 Å². The van der Waals surface area contributed by atoms with Gasteiger partial charge in [0.15, 0.2) is 11.5 Å². The molecule has 0 unspecified atom stereocenters. The number of likely N-dealkylation sites (tertiary alicyclic amines) is 1. The van der Waals surface area contributed by atoms with Gasteiger partial charge in [-0.2, -0.15) is 5.10 Å². The number of pyridine rings is 2. The number of piperidine rings is 1. The number of aromatic nitrogens is 6. The second-order valence-electron chi connectivity index (χ2n) is 9.26. The average Bonchev–Trinajstić information content (AvgIpc) is 3.42. The van der Waals surface area contributed by atoms with Crippen LogP contribution in [0.1, 0.15) is 30.0 Å². The monoisotopic (exact) mass is 506 g/mol. The van der Waals surface area contributed by atoms with Crippen LogP contribution in [0.5, 0.6) is 11.5 Å². The summed E-state index contributed by atoms with van der Waals surface area (Å²) in [7, 11) is 0. The van der Waals surface area contributed by atoms with E-state index >= 15 is 0 Å². The van der Waals surface area contributed by atoms with Gasteiger partial charge < -0.3 is 15.0 Å². The topological polar surface area (TPSA) is 110 Å². The van der Waals surface area contributed by atoms with E-state index in [2.05, 4.69) is 31.9 Å². The summed E-state index contributed by atoms with van der Waals surface area (Å²) in [5.41, 5.74) is 5.03. The molecule has 10 nitrogen and oxygen atoms in total. The molecule has 0 aliphatic carbocycles. The van der Waals surface area contributed by atoms with Gasteiger partial charge in [-0.3, -0.25) is 4.79 Å². The molecule has 1 aromatic carbocycles. The molecule has 6 rings (SSSR count). The van der Waals surface area contributed by atoms with Crippen molar-refractivity contribution in [2.24, 2.45) is 0 Å². The van der Waals surface area contributed by atoms with Gasteiger partial charge in [0.25, 0.3) is 0 Å². The molecular formula is C28H26N8O2. The van der Waals surface area contributed by atoms with Crippen molar-refractivity contribution in [3.8, 4) is 11.5 Å². The Morgan fingerprint density at radius 3 is 2.76 bits per heavy atom. The quantitative estimate of drug-likeness (QED) is 0.327. The van der Waals surface area contributed by atoms with E-state index in [4.69, 9.17) is 9.72 Å². The van der Waals surface area contributed by atoms with E-state index in [0.717, 1.165) is 46.7 Å². The Balaban J connectivity index is 1.21. The maximum absolute atomic E-state index is 11.9. The molecule has 5 aromatic rings. The Morgan fingerprint density at radius 1 is 1.08 bits per heavy atom. The zero-order chi connectivity index (χ0) is 26.1. The zero-order valence-electron chi connectivity index (χ0n) is 20.9. The van der Waals surface area contributed by atoms with Gasteiger partial charge >= 0.3 is 0 Å². The molecular weight excluding hydrogens is 480 g/mol. The molecule has 0 radical (unpaired) electrons. The summed E-state index contributed by atoms with van der Waals surface area (Å²) in [5.74, 6) is 2.33. The van der Waals surface area contributed by atoms with Gasteiger partial charge in [0.05, 0.1) is 5.52 Å². The molecule has 5 heterocycles. The predicted octanol–water partition coefficient (Wildman–Crippen LogP) is 4.80. The van der Waals surface area contributed by atoms with Crippen LogP contribution in [0.4, 0.5) is 11.5 Å². The molecule has 10 heteroatoms. The Bertz CT molecular complexity index is 1660. The van der Waals surface area contributed by atoms with E-state index in [-0.39, 0.29) is 11.8 Å². The summed E-state index contributed by atoms with van der Waals surface area (Å²) in [5, 5.41) is 7.52. The lowest BCUT2D eigenvalue weighted by molar-refractivity contribution is -0.127. The summed E-state index contributed by atoms with van der Waals surface area (Å²) in [6, 6.07) is 13.6. The summed E-state index contributed by atoms with van der Waals surface area (Å²) in [6.45, 7) is 6.99. The normalized spacial score (nSPS) is 14.1. The van der Waals surface area contributed by atoms with Gasteiger partial charge in [-0.15, -0.1) is 0 Å². The number of carbonyl (C=O) groups is 1. The molecule has 38 heavy (non-hydrogen) atoms. The first kappa shape index (κ1) is 23.5. The molecule has 0 atom stereocenters. The highest BCUT2D eigenvalue weighted by Gasteiger charge is 2.24. The second kappa shape index (κ2) is 9.89. The minimum absolute atomic E-state index is 0.0158. The summed E-state index contributed by atoms with van der Waals surface area (Å²) in [4.78, 5) is 31.8. The Hall–Kier alpha value is -4.86. The van der Waals surface area contributed by atoms with E-state index < -0.39 is 0 Å². The lowest BCUT2D eigenvalue weighted by Gasteiger charge is -2.31. The number of rotatable bonds is 6. The van der Waals surface area contributed by atoms with Crippen LogP contribution in [-0.2, 0) is 4.79 Å². The van der Waals surface area contributed by atoms with Crippen molar-refractivity contribution in [1.82, 2.24) is 34.4 Å². The fourth-order valence-corrected chi connectivity index (χ4v) is 4.76. The molecule has 1 aliphatic rings. The average molecular weight is 507 g/mol. The van der Waals surface area contributed by atoms with Crippen LogP contribution in [0.15, 0.2) is 74.0 Å². The van der Waals surface area contributed by atoms with Crippen LogP contribution in [0.3, 0.4) is 0 Å². The second-order valence-corrected chi connectivity index (χ2v) is 9.26. The number of aryl methyl sites for hydroxylation is 1. The summed E-state index contributed by atoms with van der Waals surface area (Å²) >= 11 is 0. The van der Waals surface area contributed by atoms with E-state index in [0.29, 0.717) is 30.2 Å². The third-order valence-electron chi connectivity index (χ3n) is 6.82. The van der Waals surface area contributed by atoms with Crippen molar-refractivity contribution >= 4 is 34.1 Å². The largest absolute Gasteiger partial charge is 0.457 e. The molecule has 190 valence electrons. The fraction of sp³-hybridized carbons (Fsp3) is 0.214. The Morgan fingerprint density at radius 2 is 1.95 bits per heavy atom. The number of carbonyl (C=O) groups excluding carboxylic acids is 1. The molecule has 1 fully saturated rings. The smallest absolute Gasteiger partial charge is 0.245 e. The van der Waals surface area contributed by atoms with Crippen molar-refractivity contribution in [3.63, 3.8) is 0 Å². The highest BCUT2D eigenvalue weighted by atomic mass is 16.5. The molecule has 0 saturated carbocycles. The molecule has 1 saturated heterocycles. The molecule has 4 aromatic heterocycles. The van der Waals surface area contributed by atoms with Gasteiger partial charge in [0.1, 0.15) is 29.7 Å². The molecule has 1 amide bonds. The van der Waals surface area contributed by atoms with Crippen LogP contribution in [0, 0.1) is 6.92 Å². The van der Waals surface area contributed by atoms with Crippen LogP contribution >= 0.6 is 0 Å². The third-order valence-corrected chi connectivity index (χ3v) is 6.82. The first-order chi connectivity index (χ1) is 18.6. The molecule has 0 bridgehead atoms. The number of ether oxygens (including phenoxy) is 1. The number of hydrogen-bond donors (Lipinski definition) is 1. The summed E-state index contributed by atoms with van der Waals surface area (Å²) in [6.07, 6.45) is 7.96. The van der Waals surface area contributed by atoms with Crippen molar-refractivity contribution in [2.45, 2.75) is 25.7 Å². The number of anilines is 2. The summed E-state index contributed by atoms with van der Waals surface area (Å²) < 4.78 is 7.78. The van der Waals surface area contributed by atoms with Crippen molar-refractivity contribution in [3.05, 3.63) is 85.2 Å². The van der Waals surface area contributed by atoms with E-state index in [1.807, 2.05) is 60.5 Å². The van der Waals surface area contributed by atoms with Crippen molar-refractivity contribution in [1.29, 1.82) is 0 Å². The Labute approximate surface area is 219 Å². The molecule has 0 spiro atoms. The number of nitrogens with one attached hydrogen (secondary N) is 1. The van der Waals surface area contributed by atoms with Crippen LogP contribution in [-0.4, -0.2) is 53.4 Å². The number of nitrogens with zero attached hydrogens (tertiary/aromatic N) is 7. The number of fused-ring (bicyclic) bond motifs is 2. The van der Waals surface area contributed by atoms with Crippen molar-refractivity contribution < 1.29 is 9.53 Å². The first-order valence-corrected chi connectivity index (χ1v) is 12.5. The number of amides is 1. The fourth-order valence-electron chi connectivity index (χ4n) is 4.76. The minimum atomic E-state index is -0.0158. The first-order valence-electron chi connectivity index (χ1n) is 12.5. The van der Waals surface area contributed by atoms with Gasteiger partial charge in [-0.25, -0.2) is 24.5 Å². The zero-order valence-corrected chi connectivity index (χ0v) is 20.9. The van der Waals surface area contributed by atoms with Crippen LogP contribution in [0.2, 0.25) is 0 Å². The van der Waals surface area contributed by atoms with Gasteiger partial charge in [0.2, 0.25) is 5.91 Å². The minimum Gasteiger partial charge on any atom is -0.457 e. The lowest BCUT2D eigenvalue weighted by Crippen LogP contribution is -2.36. The van der Waals surface area contributed by atoms with E-state index in [1.54, 1.807) is 4.52 Å². The van der Waals surface area contributed by atoms with Gasteiger partial charge in [-0.1, -0.05) is 6.58 Å². The highest BCUT2D eigenvalue weighted by molar-refractivity contribution is 5.87. The lowest BCUT2D eigenvalue weighted by atomic mass is 9.93. The molecule has 1 aliphatic heterocycles. The van der Waals surface area contributed by atoms with Gasteiger partial charge in [0, 0.05) is 42.7 Å². The van der Waals surface area contributed by atoms with Crippen LogP contribution in [0.25, 0.3) is 16.7 Å². The maximum Gasteiger partial charge on any atom is 0.245 e. The van der Waals surface area contributed by atoms with Gasteiger partial charge in [-0.05, 0) is 67.8 Å².